The first kappa shape index (κ1) is 12.9. The van der Waals surface area contributed by atoms with E-state index in [0.29, 0.717) is 29.6 Å². The third-order valence-electron chi connectivity index (χ3n) is 3.15. The molecular weight excluding hydrogens is 322 g/mol. The third kappa shape index (κ3) is 1.91. The Morgan fingerprint density at radius 1 is 1.50 bits per heavy atom. The Hall–Kier alpha value is -2.13. The fourth-order valence-corrected chi connectivity index (χ4v) is 2.75. The van der Waals surface area contributed by atoms with E-state index in [1.54, 1.807) is 4.57 Å². The molecule has 0 amide bonds. The van der Waals surface area contributed by atoms with Gasteiger partial charge in [0.1, 0.15) is 17.3 Å². The second-order valence-electron chi connectivity index (χ2n) is 4.37. The Morgan fingerprint density at radius 3 is 3.05 bits per heavy atom. The highest BCUT2D eigenvalue weighted by molar-refractivity contribution is 9.10. The van der Waals surface area contributed by atoms with Gasteiger partial charge in [-0.2, -0.15) is 0 Å². The van der Waals surface area contributed by atoms with E-state index in [4.69, 9.17) is 21.6 Å². The predicted molar refractivity (Wildman–Crippen MR) is 79.5 cm³/mol. The topological polar surface area (TPSA) is 62.3 Å². The number of hydrogen-bond acceptors (Lipinski definition) is 4. The number of anilines is 1. The fraction of sp³-hybridized carbons (Fsp3) is 0.214. The molecule has 20 heavy (non-hydrogen) atoms. The van der Waals surface area contributed by atoms with E-state index in [1.807, 2.05) is 19.1 Å². The molecule has 0 spiro atoms. The lowest BCUT2D eigenvalue weighted by Crippen LogP contribution is -2.03. The van der Waals surface area contributed by atoms with Gasteiger partial charge in [-0.1, -0.05) is 5.92 Å². The molecule has 1 aromatic carbocycles. The van der Waals surface area contributed by atoms with Crippen molar-refractivity contribution in [2.24, 2.45) is 0 Å². The Balaban J connectivity index is 2.13. The number of aryl methyl sites for hydroxylation is 1. The summed E-state index contributed by atoms with van der Waals surface area (Å²) in [5, 5.41) is 0. The van der Waals surface area contributed by atoms with E-state index in [0.717, 1.165) is 15.9 Å². The number of fused-ring (bicyclic) bond motifs is 1. The number of terminal acetylenes is 1. The number of ether oxygens (including phenoxy) is 2. The molecule has 102 valence electrons. The molecule has 2 aromatic rings. The van der Waals surface area contributed by atoms with Gasteiger partial charge in [0, 0.05) is 5.56 Å². The van der Waals surface area contributed by atoms with Crippen molar-refractivity contribution < 1.29 is 9.47 Å². The first-order valence-electron chi connectivity index (χ1n) is 5.97. The molecule has 0 saturated heterocycles. The van der Waals surface area contributed by atoms with Gasteiger partial charge in [0.25, 0.3) is 0 Å². The maximum Gasteiger partial charge on any atom is 0.231 e. The average molecular weight is 334 g/mol. The molecule has 0 atom stereocenters. The molecule has 0 saturated carbocycles. The number of benzene rings is 1. The predicted octanol–water partition coefficient (Wildman–Crippen LogP) is 2.57. The molecule has 2 N–H and O–H groups in total. The van der Waals surface area contributed by atoms with Gasteiger partial charge >= 0.3 is 0 Å². The number of imidazole rings is 1. The molecule has 3 rings (SSSR count). The van der Waals surface area contributed by atoms with E-state index < -0.39 is 0 Å². The van der Waals surface area contributed by atoms with Crippen LogP contribution in [-0.2, 0) is 6.54 Å². The molecule has 0 aliphatic carbocycles. The Morgan fingerprint density at radius 2 is 2.30 bits per heavy atom. The zero-order valence-electron chi connectivity index (χ0n) is 10.8. The lowest BCUT2D eigenvalue weighted by Gasteiger charge is -2.05. The highest BCUT2D eigenvalue weighted by Crippen LogP contribution is 2.43. The highest BCUT2D eigenvalue weighted by atomic mass is 79.9. The maximum atomic E-state index is 6.14. The van der Waals surface area contributed by atoms with Crippen molar-refractivity contribution in [3.63, 3.8) is 0 Å². The van der Waals surface area contributed by atoms with Crippen molar-refractivity contribution in [3.8, 4) is 35.1 Å². The largest absolute Gasteiger partial charge is 0.454 e. The van der Waals surface area contributed by atoms with E-state index in [-0.39, 0.29) is 6.79 Å². The smallest absolute Gasteiger partial charge is 0.231 e. The van der Waals surface area contributed by atoms with Gasteiger partial charge in [0.05, 0.1) is 11.0 Å². The van der Waals surface area contributed by atoms with Gasteiger partial charge in [-0.05, 0) is 35.0 Å². The van der Waals surface area contributed by atoms with Crippen molar-refractivity contribution in [3.05, 3.63) is 22.4 Å². The van der Waals surface area contributed by atoms with Crippen LogP contribution in [0.4, 0.5) is 5.82 Å². The summed E-state index contributed by atoms with van der Waals surface area (Å²) in [5.41, 5.74) is 7.69. The van der Waals surface area contributed by atoms with Crippen LogP contribution in [-0.4, -0.2) is 16.3 Å². The summed E-state index contributed by atoms with van der Waals surface area (Å²) in [5.74, 6) is 5.28. The molecule has 5 nitrogen and oxygen atoms in total. The number of aromatic nitrogens is 2. The summed E-state index contributed by atoms with van der Waals surface area (Å²) in [6.45, 7) is 2.49. The van der Waals surface area contributed by atoms with Crippen LogP contribution in [0.1, 0.15) is 5.82 Å². The number of hydrogen-bond donors (Lipinski definition) is 1. The van der Waals surface area contributed by atoms with Gasteiger partial charge in [-0.15, -0.1) is 6.42 Å². The summed E-state index contributed by atoms with van der Waals surface area (Å²) in [6, 6.07) is 3.78. The van der Waals surface area contributed by atoms with E-state index in [1.165, 1.54) is 0 Å². The summed E-state index contributed by atoms with van der Waals surface area (Å²) >= 11 is 3.46. The van der Waals surface area contributed by atoms with E-state index in [2.05, 4.69) is 26.8 Å². The molecule has 0 bridgehead atoms. The SMILES string of the molecule is C#CCn1c(C)nc(-c2cc(Br)c3c(c2)OCO3)c1N. The van der Waals surface area contributed by atoms with Crippen LogP contribution in [0.3, 0.4) is 0 Å². The minimum Gasteiger partial charge on any atom is -0.454 e. The first-order chi connectivity index (χ1) is 9.61. The van der Waals surface area contributed by atoms with E-state index in [9.17, 15) is 0 Å². The van der Waals surface area contributed by atoms with Crippen molar-refractivity contribution in [1.29, 1.82) is 0 Å². The molecule has 0 fully saturated rings. The van der Waals surface area contributed by atoms with Crippen molar-refractivity contribution in [2.45, 2.75) is 13.5 Å². The van der Waals surface area contributed by atoms with Crippen LogP contribution in [0.2, 0.25) is 0 Å². The van der Waals surface area contributed by atoms with Gasteiger partial charge in [0.2, 0.25) is 6.79 Å². The van der Waals surface area contributed by atoms with Crippen LogP contribution in [0, 0.1) is 19.3 Å². The molecule has 1 aliphatic rings. The molecule has 6 heteroatoms. The summed E-state index contributed by atoms with van der Waals surface area (Å²) in [6.07, 6.45) is 5.35. The quantitative estimate of drug-likeness (QED) is 0.858. The molecule has 0 radical (unpaired) electrons. The van der Waals surface area contributed by atoms with Crippen LogP contribution in [0.15, 0.2) is 16.6 Å². The Labute approximate surface area is 124 Å². The van der Waals surface area contributed by atoms with Crippen molar-refractivity contribution in [1.82, 2.24) is 9.55 Å². The normalized spacial score (nSPS) is 12.4. The number of rotatable bonds is 2. The third-order valence-corrected chi connectivity index (χ3v) is 3.74. The van der Waals surface area contributed by atoms with Crippen LogP contribution in [0.25, 0.3) is 11.3 Å². The summed E-state index contributed by atoms with van der Waals surface area (Å²) < 4.78 is 13.4. The summed E-state index contributed by atoms with van der Waals surface area (Å²) in [4.78, 5) is 4.49. The maximum absolute atomic E-state index is 6.14. The standard InChI is InChI=1S/C14H12BrN3O2/c1-3-4-18-8(2)17-12(14(18)16)9-5-10(15)13-11(6-9)19-7-20-13/h1,5-6H,4,7,16H2,2H3. The number of nitrogens with zero attached hydrogens (tertiary/aromatic N) is 2. The Kier molecular flexibility index (Phi) is 3.07. The van der Waals surface area contributed by atoms with Crippen LogP contribution in [0.5, 0.6) is 11.5 Å². The minimum absolute atomic E-state index is 0.220. The molecule has 2 heterocycles. The lowest BCUT2D eigenvalue weighted by atomic mass is 10.1. The average Bonchev–Trinajstić information content (AvgIpc) is 2.99. The van der Waals surface area contributed by atoms with Crippen LogP contribution < -0.4 is 15.2 Å². The minimum atomic E-state index is 0.220. The van der Waals surface area contributed by atoms with Gasteiger partial charge in [-0.25, -0.2) is 4.98 Å². The molecular formula is C14H12BrN3O2. The van der Waals surface area contributed by atoms with Crippen LogP contribution >= 0.6 is 15.9 Å². The molecule has 1 aliphatic heterocycles. The van der Waals surface area contributed by atoms with Crippen molar-refractivity contribution >= 4 is 21.7 Å². The number of halogens is 1. The summed E-state index contributed by atoms with van der Waals surface area (Å²) in [7, 11) is 0. The zero-order valence-corrected chi connectivity index (χ0v) is 12.4. The van der Waals surface area contributed by atoms with Gasteiger partial charge < -0.3 is 19.8 Å². The molecule has 0 unspecified atom stereocenters. The fourth-order valence-electron chi connectivity index (χ4n) is 2.19. The zero-order chi connectivity index (χ0) is 14.3. The lowest BCUT2D eigenvalue weighted by molar-refractivity contribution is 0.173. The second kappa shape index (κ2) is 4.76. The van der Waals surface area contributed by atoms with Gasteiger partial charge in [0.15, 0.2) is 11.5 Å². The second-order valence-corrected chi connectivity index (χ2v) is 5.23. The number of nitrogens with two attached hydrogens (primary N) is 1. The van der Waals surface area contributed by atoms with Crippen molar-refractivity contribution in [2.75, 3.05) is 12.5 Å². The highest BCUT2D eigenvalue weighted by Gasteiger charge is 2.21. The van der Waals surface area contributed by atoms with E-state index >= 15 is 0 Å². The molecule has 1 aromatic heterocycles. The first-order valence-corrected chi connectivity index (χ1v) is 6.76. The number of nitrogen functional groups attached to an aromatic ring is 1. The van der Waals surface area contributed by atoms with Gasteiger partial charge in [-0.3, -0.25) is 0 Å². The Bertz CT molecular complexity index is 731. The monoisotopic (exact) mass is 333 g/mol.